The van der Waals surface area contributed by atoms with Crippen LogP contribution in [-0.2, 0) is 10.0 Å². The third-order valence-electron chi connectivity index (χ3n) is 2.43. The predicted molar refractivity (Wildman–Crippen MR) is 76.2 cm³/mol. The van der Waals surface area contributed by atoms with Gasteiger partial charge in [0.05, 0.1) is 5.69 Å². The van der Waals surface area contributed by atoms with Crippen LogP contribution in [0, 0.1) is 6.92 Å². The molecule has 0 aliphatic heterocycles. The second-order valence-corrected chi connectivity index (χ2v) is 6.36. The van der Waals surface area contributed by atoms with E-state index in [2.05, 4.69) is 9.71 Å². The molecule has 4 nitrogen and oxygen atoms in total. The Labute approximate surface area is 121 Å². The molecule has 1 N–H and O–H groups in total. The quantitative estimate of drug-likeness (QED) is 0.882. The lowest BCUT2D eigenvalue weighted by atomic mass is 10.2. The highest BCUT2D eigenvalue weighted by Gasteiger charge is 2.14. The Balaban J connectivity index is 2.30. The van der Waals surface area contributed by atoms with E-state index >= 15 is 0 Å². The largest absolute Gasteiger partial charge is 0.280 e. The van der Waals surface area contributed by atoms with Gasteiger partial charge in [0.1, 0.15) is 10.0 Å². The van der Waals surface area contributed by atoms with Crippen LogP contribution < -0.4 is 4.72 Å². The van der Waals surface area contributed by atoms with Gasteiger partial charge in [-0.3, -0.25) is 4.72 Å². The highest BCUT2D eigenvalue weighted by molar-refractivity contribution is 7.92. The molecule has 7 heteroatoms. The fraction of sp³-hybridized carbons (Fsp3) is 0.0833. The summed E-state index contributed by atoms with van der Waals surface area (Å²) in [5.41, 5.74) is 1.27. The van der Waals surface area contributed by atoms with Crippen molar-refractivity contribution in [1.29, 1.82) is 0 Å². The summed E-state index contributed by atoms with van der Waals surface area (Å²) in [6.45, 7) is 1.84. The average molecular weight is 317 g/mol. The number of hydrogen-bond acceptors (Lipinski definition) is 3. The molecular formula is C12H10Cl2N2O2S. The third kappa shape index (κ3) is 3.37. The molecule has 1 aromatic carbocycles. The predicted octanol–water partition coefficient (Wildman–Crippen LogP) is 3.50. The van der Waals surface area contributed by atoms with E-state index in [9.17, 15) is 8.42 Å². The second kappa shape index (κ2) is 5.36. The molecule has 0 aliphatic rings. The number of rotatable bonds is 3. The van der Waals surface area contributed by atoms with Gasteiger partial charge in [0.2, 0.25) is 0 Å². The first-order chi connectivity index (χ1) is 8.88. The fourth-order valence-corrected chi connectivity index (χ4v) is 2.68. The van der Waals surface area contributed by atoms with Crippen LogP contribution >= 0.6 is 23.2 Å². The van der Waals surface area contributed by atoms with E-state index in [1.807, 2.05) is 6.92 Å². The topological polar surface area (TPSA) is 59.1 Å². The normalized spacial score (nSPS) is 11.3. The van der Waals surface area contributed by atoms with Gasteiger partial charge in [0.15, 0.2) is 0 Å². The minimum absolute atomic E-state index is 0.0357. The molecule has 1 aromatic heterocycles. The van der Waals surface area contributed by atoms with E-state index in [-0.39, 0.29) is 10.0 Å². The summed E-state index contributed by atoms with van der Waals surface area (Å²) in [4.78, 5) is 3.77. The van der Waals surface area contributed by atoms with Gasteiger partial charge in [-0.2, -0.15) is 0 Å². The van der Waals surface area contributed by atoms with Crippen molar-refractivity contribution < 1.29 is 8.42 Å². The number of nitrogens with one attached hydrogen (secondary N) is 1. The molecule has 0 amide bonds. The van der Waals surface area contributed by atoms with Crippen LogP contribution in [-0.4, -0.2) is 13.4 Å². The number of aryl methyl sites for hydroxylation is 1. The summed E-state index contributed by atoms with van der Waals surface area (Å²) in [5.74, 6) is 0. The summed E-state index contributed by atoms with van der Waals surface area (Å²) in [7, 11) is -3.69. The SMILES string of the molecule is Cc1ccc(NS(=O)(=O)c2ccc(Cl)nc2)cc1Cl. The van der Waals surface area contributed by atoms with Gasteiger partial charge in [-0.25, -0.2) is 13.4 Å². The Hall–Kier alpha value is -1.30. The van der Waals surface area contributed by atoms with Gasteiger partial charge >= 0.3 is 0 Å². The molecule has 0 spiro atoms. The number of nitrogens with zero attached hydrogens (tertiary/aromatic N) is 1. The lowest BCUT2D eigenvalue weighted by Gasteiger charge is -2.09. The Morgan fingerprint density at radius 2 is 1.89 bits per heavy atom. The van der Waals surface area contributed by atoms with Crippen LogP contribution in [0.3, 0.4) is 0 Å². The molecule has 1 heterocycles. The first-order valence-corrected chi connectivity index (χ1v) is 7.53. The van der Waals surface area contributed by atoms with Gasteiger partial charge in [0.25, 0.3) is 10.0 Å². The summed E-state index contributed by atoms with van der Waals surface area (Å²) in [6.07, 6.45) is 1.19. The van der Waals surface area contributed by atoms with Gasteiger partial charge in [0, 0.05) is 11.2 Å². The summed E-state index contributed by atoms with van der Waals surface area (Å²) in [5, 5.41) is 0.728. The van der Waals surface area contributed by atoms with E-state index in [0.717, 1.165) is 5.56 Å². The molecule has 0 radical (unpaired) electrons. The first kappa shape index (κ1) is 14.1. The lowest BCUT2D eigenvalue weighted by molar-refractivity contribution is 0.601. The van der Waals surface area contributed by atoms with Gasteiger partial charge in [-0.05, 0) is 36.8 Å². The molecular weight excluding hydrogens is 307 g/mol. The van der Waals surface area contributed by atoms with Crippen LogP contribution in [0.25, 0.3) is 0 Å². The molecule has 100 valence electrons. The number of benzene rings is 1. The third-order valence-corrected chi connectivity index (χ3v) is 4.43. The maximum atomic E-state index is 12.1. The van der Waals surface area contributed by atoms with Crippen molar-refractivity contribution in [2.24, 2.45) is 0 Å². The Kier molecular flexibility index (Phi) is 3.99. The molecule has 2 rings (SSSR count). The summed E-state index contributed by atoms with van der Waals surface area (Å²) in [6, 6.07) is 7.73. The van der Waals surface area contributed by atoms with Crippen LogP contribution in [0.2, 0.25) is 10.2 Å². The van der Waals surface area contributed by atoms with Crippen LogP contribution in [0.4, 0.5) is 5.69 Å². The number of sulfonamides is 1. The van der Waals surface area contributed by atoms with Crippen molar-refractivity contribution >= 4 is 38.9 Å². The van der Waals surface area contributed by atoms with E-state index < -0.39 is 10.0 Å². The molecule has 0 saturated carbocycles. The molecule has 0 unspecified atom stereocenters. The Morgan fingerprint density at radius 1 is 1.16 bits per heavy atom. The second-order valence-electron chi connectivity index (χ2n) is 3.89. The number of pyridine rings is 1. The molecule has 0 bridgehead atoms. The molecule has 0 fully saturated rings. The zero-order chi connectivity index (χ0) is 14.0. The number of aromatic nitrogens is 1. The highest BCUT2D eigenvalue weighted by atomic mass is 35.5. The van der Waals surface area contributed by atoms with E-state index in [4.69, 9.17) is 23.2 Å². The highest BCUT2D eigenvalue weighted by Crippen LogP contribution is 2.22. The van der Waals surface area contributed by atoms with E-state index in [0.29, 0.717) is 10.7 Å². The van der Waals surface area contributed by atoms with Crippen LogP contribution in [0.15, 0.2) is 41.4 Å². The monoisotopic (exact) mass is 316 g/mol. The van der Waals surface area contributed by atoms with E-state index in [1.54, 1.807) is 18.2 Å². The zero-order valence-corrected chi connectivity index (χ0v) is 12.2. The van der Waals surface area contributed by atoms with Crippen molar-refractivity contribution in [3.05, 3.63) is 52.3 Å². The maximum Gasteiger partial charge on any atom is 0.263 e. The van der Waals surface area contributed by atoms with Crippen LogP contribution in [0.1, 0.15) is 5.56 Å². The van der Waals surface area contributed by atoms with Gasteiger partial charge in [-0.15, -0.1) is 0 Å². The van der Waals surface area contributed by atoms with Crippen molar-refractivity contribution in [1.82, 2.24) is 4.98 Å². The number of halogens is 2. The van der Waals surface area contributed by atoms with Gasteiger partial charge < -0.3 is 0 Å². The lowest BCUT2D eigenvalue weighted by Crippen LogP contribution is -2.13. The van der Waals surface area contributed by atoms with Crippen molar-refractivity contribution in [3.8, 4) is 0 Å². The molecule has 19 heavy (non-hydrogen) atoms. The molecule has 2 aromatic rings. The molecule has 0 aliphatic carbocycles. The molecule has 0 saturated heterocycles. The summed E-state index contributed by atoms with van der Waals surface area (Å²) >= 11 is 11.6. The molecule has 0 atom stereocenters. The zero-order valence-electron chi connectivity index (χ0n) is 9.89. The van der Waals surface area contributed by atoms with Gasteiger partial charge in [-0.1, -0.05) is 29.3 Å². The first-order valence-electron chi connectivity index (χ1n) is 5.29. The Bertz CT molecular complexity index is 700. The fourth-order valence-electron chi connectivity index (χ4n) is 1.39. The minimum atomic E-state index is -3.69. The van der Waals surface area contributed by atoms with Crippen LogP contribution in [0.5, 0.6) is 0 Å². The standard InChI is InChI=1S/C12H10Cl2N2O2S/c1-8-2-3-9(6-11(8)13)16-19(17,18)10-4-5-12(14)15-7-10/h2-7,16H,1H3. The maximum absolute atomic E-state index is 12.1. The Morgan fingerprint density at radius 3 is 2.47 bits per heavy atom. The van der Waals surface area contributed by atoms with Crippen molar-refractivity contribution in [3.63, 3.8) is 0 Å². The number of anilines is 1. The number of hydrogen-bond donors (Lipinski definition) is 1. The van der Waals surface area contributed by atoms with Crippen molar-refractivity contribution in [2.45, 2.75) is 11.8 Å². The smallest absolute Gasteiger partial charge is 0.263 e. The van der Waals surface area contributed by atoms with E-state index in [1.165, 1.54) is 18.3 Å². The van der Waals surface area contributed by atoms with Crippen molar-refractivity contribution in [2.75, 3.05) is 4.72 Å². The summed E-state index contributed by atoms with van der Waals surface area (Å²) < 4.78 is 26.6. The minimum Gasteiger partial charge on any atom is -0.280 e. The average Bonchev–Trinajstić information content (AvgIpc) is 2.34.